The Hall–Kier alpha value is -2.08. The van der Waals surface area contributed by atoms with E-state index < -0.39 is 0 Å². The summed E-state index contributed by atoms with van der Waals surface area (Å²) in [6, 6.07) is 8.09. The average Bonchev–Trinajstić information content (AvgIpc) is 3.29. The molecule has 6 heteroatoms. The van der Waals surface area contributed by atoms with Gasteiger partial charge in [0.25, 0.3) is 0 Å². The van der Waals surface area contributed by atoms with E-state index in [1.807, 2.05) is 29.2 Å². The number of hydrogen-bond donors (Lipinski definition) is 2. The highest BCUT2D eigenvalue weighted by molar-refractivity contribution is 5.75. The molecule has 0 bridgehead atoms. The highest BCUT2D eigenvalue weighted by Gasteiger charge is 2.27. The van der Waals surface area contributed by atoms with Crippen molar-refractivity contribution in [1.82, 2.24) is 20.2 Å². The number of carbonyl (C=O) groups is 1. The third-order valence-corrected chi connectivity index (χ3v) is 5.01. The molecule has 1 aromatic carbocycles. The number of nitrogens with zero attached hydrogens (tertiary/aromatic N) is 2. The predicted octanol–water partition coefficient (Wildman–Crippen LogP) is 2.63. The molecule has 2 saturated heterocycles. The van der Waals surface area contributed by atoms with E-state index in [-0.39, 0.29) is 18.1 Å². The van der Waals surface area contributed by atoms with Gasteiger partial charge in [-0.25, -0.2) is 9.78 Å². The highest BCUT2D eigenvalue weighted by Crippen LogP contribution is 2.26. The van der Waals surface area contributed by atoms with Gasteiger partial charge in [0.05, 0.1) is 17.1 Å². The molecule has 2 aromatic rings. The quantitative estimate of drug-likeness (QED) is 0.910. The predicted molar refractivity (Wildman–Crippen MR) is 92.0 cm³/mol. The molecule has 2 atom stereocenters. The summed E-state index contributed by atoms with van der Waals surface area (Å²) >= 11 is 0. The minimum absolute atomic E-state index is 0.0197. The summed E-state index contributed by atoms with van der Waals surface area (Å²) in [7, 11) is 0. The van der Waals surface area contributed by atoms with E-state index in [4.69, 9.17) is 9.72 Å². The highest BCUT2D eigenvalue weighted by atomic mass is 16.5. The number of hydrogen-bond acceptors (Lipinski definition) is 3. The first-order valence-corrected chi connectivity index (χ1v) is 8.88. The number of para-hydroxylation sites is 2. The molecule has 6 nitrogen and oxygen atoms in total. The van der Waals surface area contributed by atoms with E-state index in [0.29, 0.717) is 6.54 Å². The van der Waals surface area contributed by atoms with Crippen LogP contribution in [0.15, 0.2) is 24.3 Å². The van der Waals surface area contributed by atoms with Crippen molar-refractivity contribution in [2.24, 2.45) is 0 Å². The van der Waals surface area contributed by atoms with Gasteiger partial charge in [0, 0.05) is 32.2 Å². The van der Waals surface area contributed by atoms with E-state index in [0.717, 1.165) is 62.2 Å². The summed E-state index contributed by atoms with van der Waals surface area (Å²) in [6.45, 7) is 2.97. The summed E-state index contributed by atoms with van der Waals surface area (Å²) in [5, 5.41) is 3.02. The summed E-state index contributed by atoms with van der Waals surface area (Å²) in [5.41, 5.74) is 2.06. The first-order valence-electron chi connectivity index (χ1n) is 8.88. The lowest BCUT2D eigenvalue weighted by Crippen LogP contribution is -2.46. The van der Waals surface area contributed by atoms with Crippen LogP contribution < -0.4 is 5.32 Å². The third-order valence-electron chi connectivity index (χ3n) is 5.01. The number of piperidine rings is 1. The summed E-state index contributed by atoms with van der Waals surface area (Å²) in [5.74, 6) is 1.27. The van der Waals surface area contributed by atoms with Crippen LogP contribution in [0.1, 0.15) is 37.4 Å². The van der Waals surface area contributed by atoms with Crippen molar-refractivity contribution in [1.29, 1.82) is 0 Å². The topological polar surface area (TPSA) is 70.2 Å². The van der Waals surface area contributed by atoms with Gasteiger partial charge in [-0.1, -0.05) is 12.1 Å². The van der Waals surface area contributed by atoms with Crippen molar-refractivity contribution >= 4 is 17.1 Å². The summed E-state index contributed by atoms with van der Waals surface area (Å²) < 4.78 is 5.57. The van der Waals surface area contributed by atoms with Gasteiger partial charge in [0.1, 0.15) is 5.82 Å². The Bertz CT molecular complexity index is 675. The van der Waals surface area contributed by atoms with Crippen LogP contribution in [0.2, 0.25) is 0 Å². The van der Waals surface area contributed by atoms with Crippen LogP contribution in [-0.4, -0.2) is 53.2 Å². The molecular weight excluding hydrogens is 304 g/mol. The third kappa shape index (κ3) is 3.24. The molecule has 2 fully saturated rings. The lowest BCUT2D eigenvalue weighted by Gasteiger charge is -2.32. The largest absolute Gasteiger partial charge is 0.376 e. The molecule has 2 amide bonds. The van der Waals surface area contributed by atoms with Crippen molar-refractivity contribution in [3.63, 3.8) is 0 Å². The van der Waals surface area contributed by atoms with E-state index in [1.54, 1.807) is 0 Å². The van der Waals surface area contributed by atoms with Crippen LogP contribution >= 0.6 is 0 Å². The second-order valence-electron chi connectivity index (χ2n) is 6.75. The minimum atomic E-state index is 0.0197. The molecule has 0 aliphatic carbocycles. The smallest absolute Gasteiger partial charge is 0.317 e. The van der Waals surface area contributed by atoms with Crippen LogP contribution in [0.4, 0.5) is 4.79 Å². The normalized spacial score (nSPS) is 24.4. The number of rotatable bonds is 3. The molecule has 0 unspecified atom stereocenters. The lowest BCUT2D eigenvalue weighted by molar-refractivity contribution is 0.107. The fourth-order valence-electron chi connectivity index (χ4n) is 3.67. The van der Waals surface area contributed by atoms with Gasteiger partial charge >= 0.3 is 6.03 Å². The molecule has 2 aliphatic rings. The van der Waals surface area contributed by atoms with E-state index in [9.17, 15) is 4.79 Å². The maximum absolute atomic E-state index is 12.4. The van der Waals surface area contributed by atoms with Crippen molar-refractivity contribution in [2.75, 3.05) is 26.2 Å². The number of imidazole rings is 1. The van der Waals surface area contributed by atoms with Crippen LogP contribution in [0.5, 0.6) is 0 Å². The van der Waals surface area contributed by atoms with Gasteiger partial charge in [0.15, 0.2) is 0 Å². The number of amides is 2. The van der Waals surface area contributed by atoms with E-state index in [1.165, 1.54) is 0 Å². The maximum atomic E-state index is 12.4. The molecule has 1 aromatic heterocycles. The number of urea groups is 1. The Balaban J connectivity index is 1.38. The fourth-order valence-corrected chi connectivity index (χ4v) is 3.67. The monoisotopic (exact) mass is 328 g/mol. The number of H-pyrrole nitrogens is 1. The average molecular weight is 328 g/mol. The van der Waals surface area contributed by atoms with Crippen LogP contribution in [0.25, 0.3) is 11.0 Å². The Labute approximate surface area is 141 Å². The van der Waals surface area contributed by atoms with Gasteiger partial charge < -0.3 is 19.9 Å². The first kappa shape index (κ1) is 15.4. The molecule has 128 valence electrons. The molecule has 3 heterocycles. The number of aromatic nitrogens is 2. The second kappa shape index (κ2) is 6.81. The molecule has 4 rings (SSSR count). The van der Waals surface area contributed by atoms with Crippen molar-refractivity contribution in [3.8, 4) is 0 Å². The first-order chi connectivity index (χ1) is 11.8. The summed E-state index contributed by atoms with van der Waals surface area (Å²) in [4.78, 5) is 22.5. The zero-order valence-corrected chi connectivity index (χ0v) is 13.8. The van der Waals surface area contributed by atoms with Crippen LogP contribution in [0, 0.1) is 0 Å². The maximum Gasteiger partial charge on any atom is 0.317 e. The second-order valence-corrected chi connectivity index (χ2v) is 6.75. The molecule has 2 aliphatic heterocycles. The van der Waals surface area contributed by atoms with E-state index in [2.05, 4.69) is 10.3 Å². The van der Waals surface area contributed by atoms with Crippen molar-refractivity contribution in [3.05, 3.63) is 30.1 Å². The molecular formula is C18H24N4O2. The number of benzene rings is 1. The number of nitrogens with one attached hydrogen (secondary N) is 2. The Kier molecular flexibility index (Phi) is 4.38. The van der Waals surface area contributed by atoms with Crippen molar-refractivity contribution < 1.29 is 9.53 Å². The number of ether oxygens (including phenoxy) is 1. The number of carbonyl (C=O) groups excluding carboxylic acids is 1. The molecule has 0 spiro atoms. The van der Waals surface area contributed by atoms with Gasteiger partial charge in [-0.15, -0.1) is 0 Å². The number of likely N-dealkylation sites (tertiary alicyclic amines) is 1. The van der Waals surface area contributed by atoms with Gasteiger partial charge in [0.2, 0.25) is 0 Å². The van der Waals surface area contributed by atoms with Crippen molar-refractivity contribution in [2.45, 2.75) is 37.7 Å². The number of aromatic amines is 1. The Morgan fingerprint density at radius 3 is 3.08 bits per heavy atom. The molecule has 0 saturated carbocycles. The van der Waals surface area contributed by atoms with Crippen LogP contribution in [0.3, 0.4) is 0 Å². The van der Waals surface area contributed by atoms with Gasteiger partial charge in [-0.3, -0.25) is 0 Å². The SMILES string of the molecule is O=C(NC[C@@H]1CCCO1)N1CCC[C@H](c2nc3ccccc3[nH]2)C1. The summed E-state index contributed by atoms with van der Waals surface area (Å²) in [6.07, 6.45) is 4.40. The van der Waals surface area contributed by atoms with Gasteiger partial charge in [-0.2, -0.15) is 0 Å². The molecule has 2 N–H and O–H groups in total. The molecule has 24 heavy (non-hydrogen) atoms. The Morgan fingerprint density at radius 1 is 1.33 bits per heavy atom. The Morgan fingerprint density at radius 2 is 2.25 bits per heavy atom. The minimum Gasteiger partial charge on any atom is -0.376 e. The zero-order valence-electron chi connectivity index (χ0n) is 13.8. The van der Waals surface area contributed by atoms with E-state index >= 15 is 0 Å². The van der Waals surface area contributed by atoms with Crippen LogP contribution in [-0.2, 0) is 4.74 Å². The zero-order chi connectivity index (χ0) is 16.4. The van der Waals surface area contributed by atoms with Gasteiger partial charge in [-0.05, 0) is 37.8 Å². The fraction of sp³-hybridized carbons (Fsp3) is 0.556. The molecule has 0 radical (unpaired) electrons. The standard InChI is InChI=1S/C18H24N4O2/c23-18(19-11-14-6-4-10-24-14)22-9-3-5-13(12-22)17-20-15-7-1-2-8-16(15)21-17/h1-2,7-8,13-14H,3-6,9-12H2,(H,19,23)(H,20,21)/t13-,14-/m0/s1. The lowest BCUT2D eigenvalue weighted by atomic mass is 9.97. The number of fused-ring (bicyclic) bond motifs is 1.